The van der Waals surface area contributed by atoms with Gasteiger partial charge in [-0.3, -0.25) is 0 Å². The van der Waals surface area contributed by atoms with E-state index < -0.39 is 0 Å². The summed E-state index contributed by atoms with van der Waals surface area (Å²) in [5.74, 6) is 2.39. The van der Waals surface area contributed by atoms with Crippen LogP contribution in [0.1, 0.15) is 51.6 Å². The molecule has 1 saturated carbocycles. The predicted molar refractivity (Wildman–Crippen MR) is 74.1 cm³/mol. The second-order valence-electron chi connectivity index (χ2n) is 5.88. The monoisotopic (exact) mass is 247 g/mol. The molecule has 1 N–H and O–H groups in total. The van der Waals surface area contributed by atoms with Crippen LogP contribution in [0.5, 0.6) is 0 Å². The lowest BCUT2D eigenvalue weighted by atomic mass is 9.72. The molecule has 1 heterocycles. The first-order valence-corrected chi connectivity index (χ1v) is 7.19. The molecule has 3 nitrogen and oxygen atoms in total. The summed E-state index contributed by atoms with van der Waals surface area (Å²) in [7, 11) is 0. The molecule has 0 bridgehead atoms. The molecule has 2 rings (SSSR count). The highest BCUT2D eigenvalue weighted by atomic mass is 14.9. The van der Waals surface area contributed by atoms with Gasteiger partial charge in [-0.15, -0.1) is 0 Å². The molecule has 0 radical (unpaired) electrons. The maximum atomic E-state index is 4.17. The Bertz CT molecular complexity index is 342. The van der Waals surface area contributed by atoms with Gasteiger partial charge in [-0.25, -0.2) is 9.97 Å². The SMILES string of the molecule is CCNC(c1cncnc1)C1CC(C)CC(C)C1. The van der Waals surface area contributed by atoms with Crippen molar-refractivity contribution in [3.8, 4) is 0 Å². The summed E-state index contributed by atoms with van der Waals surface area (Å²) in [6.45, 7) is 7.94. The van der Waals surface area contributed by atoms with Crippen LogP contribution in [0.2, 0.25) is 0 Å². The van der Waals surface area contributed by atoms with E-state index in [9.17, 15) is 0 Å². The highest BCUT2D eigenvalue weighted by Gasteiger charge is 2.30. The van der Waals surface area contributed by atoms with Crippen molar-refractivity contribution in [2.24, 2.45) is 17.8 Å². The van der Waals surface area contributed by atoms with Crippen molar-refractivity contribution < 1.29 is 0 Å². The van der Waals surface area contributed by atoms with Crippen LogP contribution < -0.4 is 5.32 Å². The Labute approximate surface area is 110 Å². The van der Waals surface area contributed by atoms with Gasteiger partial charge in [-0.05, 0) is 43.6 Å². The van der Waals surface area contributed by atoms with E-state index in [4.69, 9.17) is 0 Å². The van der Waals surface area contributed by atoms with Gasteiger partial charge >= 0.3 is 0 Å². The normalized spacial score (nSPS) is 30.1. The van der Waals surface area contributed by atoms with Crippen LogP contribution >= 0.6 is 0 Å². The first-order valence-electron chi connectivity index (χ1n) is 7.19. The third-order valence-corrected chi connectivity index (χ3v) is 4.05. The standard InChI is InChI=1S/C15H25N3/c1-4-18-15(14-8-16-10-17-9-14)13-6-11(2)5-12(3)7-13/h8-13,15,18H,4-7H2,1-3H3. The van der Waals surface area contributed by atoms with Gasteiger partial charge in [0.1, 0.15) is 6.33 Å². The second-order valence-corrected chi connectivity index (χ2v) is 5.88. The lowest BCUT2D eigenvalue weighted by Crippen LogP contribution is -2.33. The van der Waals surface area contributed by atoms with E-state index in [2.05, 4.69) is 36.1 Å². The zero-order valence-corrected chi connectivity index (χ0v) is 11.8. The molecule has 0 aliphatic heterocycles. The fourth-order valence-corrected chi connectivity index (χ4v) is 3.53. The molecule has 1 aromatic heterocycles. The van der Waals surface area contributed by atoms with Gasteiger partial charge in [0.25, 0.3) is 0 Å². The number of rotatable bonds is 4. The molecule has 3 atom stereocenters. The summed E-state index contributed by atoms with van der Waals surface area (Å²) in [6.07, 6.45) is 9.54. The van der Waals surface area contributed by atoms with Crippen molar-refractivity contribution in [2.45, 2.75) is 46.1 Å². The highest BCUT2D eigenvalue weighted by molar-refractivity contribution is 5.11. The number of nitrogens with zero attached hydrogens (tertiary/aromatic N) is 2. The van der Waals surface area contributed by atoms with Gasteiger partial charge in [0.05, 0.1) is 0 Å². The number of aromatic nitrogens is 2. The molecule has 0 saturated heterocycles. The minimum absolute atomic E-state index is 0.418. The van der Waals surface area contributed by atoms with Crippen molar-refractivity contribution in [1.82, 2.24) is 15.3 Å². The van der Waals surface area contributed by atoms with Gasteiger partial charge in [0, 0.05) is 24.0 Å². The molecule has 18 heavy (non-hydrogen) atoms. The minimum atomic E-state index is 0.418. The summed E-state index contributed by atoms with van der Waals surface area (Å²) in [5, 5.41) is 3.63. The molecule has 3 heteroatoms. The fourth-order valence-electron chi connectivity index (χ4n) is 3.53. The molecule has 1 aliphatic carbocycles. The molecule has 1 aliphatic rings. The summed E-state index contributed by atoms with van der Waals surface area (Å²) >= 11 is 0. The maximum absolute atomic E-state index is 4.17. The first-order chi connectivity index (χ1) is 8.70. The maximum Gasteiger partial charge on any atom is 0.115 e. The van der Waals surface area contributed by atoms with Crippen LogP contribution in [0.25, 0.3) is 0 Å². The van der Waals surface area contributed by atoms with E-state index in [0.717, 1.165) is 24.3 Å². The van der Waals surface area contributed by atoms with Crippen molar-refractivity contribution in [2.75, 3.05) is 6.54 Å². The lowest BCUT2D eigenvalue weighted by molar-refractivity contribution is 0.177. The average Bonchev–Trinajstić information content (AvgIpc) is 2.36. The third kappa shape index (κ3) is 3.29. The van der Waals surface area contributed by atoms with E-state index >= 15 is 0 Å². The summed E-state index contributed by atoms with van der Waals surface area (Å²) in [6, 6.07) is 0.418. The summed E-state index contributed by atoms with van der Waals surface area (Å²) in [4.78, 5) is 8.34. The van der Waals surface area contributed by atoms with Crippen molar-refractivity contribution in [1.29, 1.82) is 0 Å². The van der Waals surface area contributed by atoms with E-state index in [1.165, 1.54) is 24.8 Å². The van der Waals surface area contributed by atoms with Crippen LogP contribution in [0, 0.1) is 17.8 Å². The van der Waals surface area contributed by atoms with Crippen LogP contribution in [-0.4, -0.2) is 16.5 Å². The van der Waals surface area contributed by atoms with Crippen LogP contribution in [0.4, 0.5) is 0 Å². The second kappa shape index (κ2) is 6.28. The average molecular weight is 247 g/mol. The number of hydrogen-bond acceptors (Lipinski definition) is 3. The quantitative estimate of drug-likeness (QED) is 0.888. The largest absolute Gasteiger partial charge is 0.310 e. The van der Waals surface area contributed by atoms with Gasteiger partial charge in [-0.2, -0.15) is 0 Å². The molecule has 0 amide bonds. The summed E-state index contributed by atoms with van der Waals surface area (Å²) in [5.41, 5.74) is 1.24. The predicted octanol–water partition coefficient (Wildman–Crippen LogP) is 3.20. The molecular weight excluding hydrogens is 222 g/mol. The van der Waals surface area contributed by atoms with Crippen LogP contribution in [0.3, 0.4) is 0 Å². The van der Waals surface area contributed by atoms with E-state index in [1.54, 1.807) is 6.33 Å². The topological polar surface area (TPSA) is 37.8 Å². The summed E-state index contributed by atoms with van der Waals surface area (Å²) < 4.78 is 0. The number of nitrogens with one attached hydrogen (secondary N) is 1. The van der Waals surface area contributed by atoms with Gasteiger partial charge in [0.2, 0.25) is 0 Å². The van der Waals surface area contributed by atoms with E-state index in [0.29, 0.717) is 6.04 Å². The third-order valence-electron chi connectivity index (χ3n) is 4.05. The van der Waals surface area contributed by atoms with Crippen LogP contribution in [0.15, 0.2) is 18.7 Å². The Morgan fingerprint density at radius 1 is 1.17 bits per heavy atom. The molecule has 1 aromatic rings. The first kappa shape index (κ1) is 13.5. The molecule has 0 aromatic carbocycles. The smallest absolute Gasteiger partial charge is 0.115 e. The fraction of sp³-hybridized carbons (Fsp3) is 0.733. The highest BCUT2D eigenvalue weighted by Crippen LogP contribution is 2.39. The minimum Gasteiger partial charge on any atom is -0.310 e. The lowest BCUT2D eigenvalue weighted by Gasteiger charge is -2.36. The van der Waals surface area contributed by atoms with Gasteiger partial charge in [0.15, 0.2) is 0 Å². The zero-order chi connectivity index (χ0) is 13.0. The zero-order valence-electron chi connectivity index (χ0n) is 11.8. The van der Waals surface area contributed by atoms with E-state index in [-0.39, 0.29) is 0 Å². The van der Waals surface area contributed by atoms with Crippen molar-refractivity contribution in [3.63, 3.8) is 0 Å². The Hall–Kier alpha value is -0.960. The van der Waals surface area contributed by atoms with Crippen LogP contribution in [-0.2, 0) is 0 Å². The van der Waals surface area contributed by atoms with Crippen molar-refractivity contribution >= 4 is 0 Å². The molecule has 0 spiro atoms. The molecule has 1 fully saturated rings. The van der Waals surface area contributed by atoms with Gasteiger partial charge < -0.3 is 5.32 Å². The molecule has 3 unspecified atom stereocenters. The Kier molecular flexibility index (Phi) is 4.70. The van der Waals surface area contributed by atoms with Gasteiger partial charge in [-0.1, -0.05) is 20.8 Å². The number of hydrogen-bond donors (Lipinski definition) is 1. The Morgan fingerprint density at radius 2 is 1.78 bits per heavy atom. The Morgan fingerprint density at radius 3 is 2.33 bits per heavy atom. The van der Waals surface area contributed by atoms with Crippen molar-refractivity contribution in [3.05, 3.63) is 24.3 Å². The Balaban J connectivity index is 2.14. The molecule has 100 valence electrons. The van der Waals surface area contributed by atoms with E-state index in [1.807, 2.05) is 12.4 Å². The molecular formula is C15H25N3.